The molecule has 1 atom stereocenters. The van der Waals surface area contributed by atoms with E-state index in [1.165, 1.54) is 0 Å². The first-order valence-corrected chi connectivity index (χ1v) is 12.3. The van der Waals surface area contributed by atoms with E-state index in [9.17, 15) is 24.0 Å². The zero-order valence-corrected chi connectivity index (χ0v) is 21.1. The van der Waals surface area contributed by atoms with Gasteiger partial charge in [-0.2, -0.15) is 0 Å². The number of carbonyl (C=O) groups excluding carboxylic acids is 5. The van der Waals surface area contributed by atoms with Gasteiger partial charge in [-0.1, -0.05) is 5.57 Å². The summed E-state index contributed by atoms with van der Waals surface area (Å²) in [5.41, 5.74) is -0.731. The van der Waals surface area contributed by atoms with Gasteiger partial charge in [-0.25, -0.2) is 0 Å². The van der Waals surface area contributed by atoms with Gasteiger partial charge < -0.3 is 18.9 Å². The van der Waals surface area contributed by atoms with Crippen molar-refractivity contribution in [1.82, 2.24) is 0 Å². The van der Waals surface area contributed by atoms with Crippen LogP contribution in [0.5, 0.6) is 0 Å². The average Bonchev–Trinajstić information content (AvgIpc) is 3.38. The minimum Gasteiger partial charge on any atom is -0.465 e. The quantitative estimate of drug-likeness (QED) is 0.287. The summed E-state index contributed by atoms with van der Waals surface area (Å²) >= 11 is 0. The van der Waals surface area contributed by atoms with Gasteiger partial charge in [0.25, 0.3) is 0 Å². The summed E-state index contributed by atoms with van der Waals surface area (Å²) in [6, 6.07) is 0. The highest BCUT2D eigenvalue weighted by Gasteiger charge is 2.61. The molecule has 0 aliphatic heterocycles. The van der Waals surface area contributed by atoms with E-state index < -0.39 is 40.6 Å². The minimum absolute atomic E-state index is 0.0104. The molecule has 3 aliphatic carbocycles. The van der Waals surface area contributed by atoms with Crippen LogP contribution in [0.2, 0.25) is 0 Å². The number of hydrogen-bond acceptors (Lipinski definition) is 9. The molecule has 0 radical (unpaired) electrons. The number of ketones is 1. The second kappa shape index (κ2) is 10.3. The number of carbonyl (C=O) groups is 5. The normalized spacial score (nSPS) is 22.2. The predicted octanol–water partition coefficient (Wildman–Crippen LogP) is 3.00. The largest absolute Gasteiger partial charge is 0.465 e. The van der Waals surface area contributed by atoms with Gasteiger partial charge in [0, 0.05) is 12.8 Å². The molecular weight excluding hydrogens is 456 g/mol. The maximum atomic E-state index is 13.2. The molecule has 0 N–H and O–H groups in total. The third kappa shape index (κ3) is 4.41. The minimum atomic E-state index is -1.62. The van der Waals surface area contributed by atoms with Crippen LogP contribution in [-0.2, 0) is 42.9 Å². The fraction of sp³-hybridized carbons (Fsp3) is 0.654. The van der Waals surface area contributed by atoms with Crippen molar-refractivity contribution >= 4 is 29.7 Å². The Hall–Kier alpha value is -2.97. The third-order valence-electron chi connectivity index (χ3n) is 7.26. The van der Waals surface area contributed by atoms with Crippen LogP contribution in [0.3, 0.4) is 0 Å². The van der Waals surface area contributed by atoms with Crippen LogP contribution in [0.15, 0.2) is 22.3 Å². The van der Waals surface area contributed by atoms with Crippen LogP contribution in [-0.4, -0.2) is 56.1 Å². The van der Waals surface area contributed by atoms with Crippen LogP contribution < -0.4 is 0 Å². The summed E-state index contributed by atoms with van der Waals surface area (Å²) in [5, 5.41) is 0. The van der Waals surface area contributed by atoms with Gasteiger partial charge in [-0.3, -0.25) is 24.0 Å². The van der Waals surface area contributed by atoms with Crippen LogP contribution in [0.4, 0.5) is 0 Å². The van der Waals surface area contributed by atoms with E-state index in [0.717, 1.165) is 5.57 Å². The maximum absolute atomic E-state index is 13.2. The van der Waals surface area contributed by atoms with E-state index in [4.69, 9.17) is 18.9 Å². The van der Waals surface area contributed by atoms with Gasteiger partial charge in [-0.15, -0.1) is 0 Å². The average molecular weight is 491 g/mol. The van der Waals surface area contributed by atoms with Crippen molar-refractivity contribution in [3.63, 3.8) is 0 Å². The number of allylic oxidation sites excluding steroid dienone is 4. The molecule has 2 saturated carbocycles. The molecule has 2 fully saturated rings. The Morgan fingerprint density at radius 1 is 0.714 bits per heavy atom. The maximum Gasteiger partial charge on any atom is 0.324 e. The number of hydrogen-bond donors (Lipinski definition) is 0. The third-order valence-corrected chi connectivity index (χ3v) is 7.26. The van der Waals surface area contributed by atoms with E-state index in [-0.39, 0.29) is 64.3 Å². The number of rotatable bonds is 8. The molecule has 0 bridgehead atoms. The Balaban J connectivity index is 2.18. The fourth-order valence-corrected chi connectivity index (χ4v) is 5.57. The molecule has 0 amide bonds. The molecule has 0 aromatic rings. The van der Waals surface area contributed by atoms with Crippen molar-refractivity contribution in [2.24, 2.45) is 16.7 Å². The van der Waals surface area contributed by atoms with Crippen LogP contribution in [0, 0.1) is 16.7 Å². The smallest absolute Gasteiger partial charge is 0.324 e. The Labute approximate surface area is 205 Å². The van der Waals surface area contributed by atoms with E-state index >= 15 is 0 Å². The van der Waals surface area contributed by atoms with Crippen LogP contribution >= 0.6 is 0 Å². The van der Waals surface area contributed by atoms with Crippen molar-refractivity contribution < 1.29 is 42.9 Å². The topological polar surface area (TPSA) is 122 Å². The first-order chi connectivity index (χ1) is 16.6. The second-order valence-electron chi connectivity index (χ2n) is 9.21. The van der Waals surface area contributed by atoms with Crippen molar-refractivity contribution in [3.05, 3.63) is 22.3 Å². The van der Waals surface area contributed by atoms with Crippen LogP contribution in [0.25, 0.3) is 0 Å². The summed E-state index contributed by atoms with van der Waals surface area (Å²) in [6.45, 7) is 8.66. The van der Waals surface area contributed by atoms with Gasteiger partial charge in [0.1, 0.15) is 0 Å². The first kappa shape index (κ1) is 26.6. The SMILES string of the molecule is CCOC(=O)C1(C(=O)OCC)CC2=C(C)C(=O)CC3CC(C(=O)OCC)(C(=O)OCC)CC3=C2C1. The lowest BCUT2D eigenvalue weighted by molar-refractivity contribution is -0.173. The van der Waals surface area contributed by atoms with E-state index in [1.54, 1.807) is 34.6 Å². The van der Waals surface area contributed by atoms with Gasteiger partial charge in [0.2, 0.25) is 0 Å². The standard InChI is InChI=1S/C26H34O9/c1-6-32-21(28)25(22(29)33-7-2)11-16-10-20(27)15(5)17-12-26(23(30)34-8-3,24(31)35-9-4)14-19(17)18(16)13-25/h16H,6-14H2,1-5H3. The molecule has 0 aromatic carbocycles. The molecule has 0 spiro atoms. The zero-order chi connectivity index (χ0) is 26.0. The number of Topliss-reactive ketones (excluding diaryl/α,β-unsaturated/α-hetero) is 1. The van der Waals surface area contributed by atoms with Crippen LogP contribution in [0.1, 0.15) is 66.7 Å². The summed E-state index contributed by atoms with van der Waals surface area (Å²) in [4.78, 5) is 65.5. The first-order valence-electron chi connectivity index (χ1n) is 12.3. The molecule has 0 saturated heterocycles. The summed E-state index contributed by atoms with van der Waals surface area (Å²) in [7, 11) is 0. The highest BCUT2D eigenvalue weighted by Crippen LogP contribution is 2.58. The molecule has 0 heterocycles. The fourth-order valence-electron chi connectivity index (χ4n) is 5.57. The van der Waals surface area contributed by atoms with Gasteiger partial charge in [0.05, 0.1) is 26.4 Å². The molecule has 1 unspecified atom stereocenters. The lowest BCUT2D eigenvalue weighted by Crippen LogP contribution is -2.40. The summed E-state index contributed by atoms with van der Waals surface area (Å²) in [5.74, 6) is -3.35. The van der Waals surface area contributed by atoms with E-state index in [0.29, 0.717) is 16.7 Å². The Morgan fingerprint density at radius 3 is 1.60 bits per heavy atom. The Morgan fingerprint density at radius 2 is 1.14 bits per heavy atom. The van der Waals surface area contributed by atoms with Crippen molar-refractivity contribution in [1.29, 1.82) is 0 Å². The summed E-state index contributed by atoms with van der Waals surface area (Å²) in [6.07, 6.45) is 0.163. The Bertz CT molecular complexity index is 964. The Kier molecular flexibility index (Phi) is 7.87. The molecule has 9 nitrogen and oxygen atoms in total. The number of ether oxygens (including phenoxy) is 4. The van der Waals surface area contributed by atoms with Crippen molar-refractivity contribution in [2.45, 2.75) is 66.7 Å². The van der Waals surface area contributed by atoms with Gasteiger partial charge in [0.15, 0.2) is 16.6 Å². The molecule has 192 valence electrons. The molecule has 0 aromatic heterocycles. The molecule has 3 rings (SSSR count). The predicted molar refractivity (Wildman–Crippen MR) is 123 cm³/mol. The zero-order valence-electron chi connectivity index (χ0n) is 21.1. The lowest BCUT2D eigenvalue weighted by Gasteiger charge is -2.24. The summed E-state index contributed by atoms with van der Waals surface area (Å²) < 4.78 is 21.1. The highest BCUT2D eigenvalue weighted by molar-refractivity contribution is 6.05. The van der Waals surface area contributed by atoms with Gasteiger partial charge in [-0.05, 0) is 76.5 Å². The monoisotopic (exact) mass is 490 g/mol. The van der Waals surface area contributed by atoms with E-state index in [2.05, 4.69) is 0 Å². The van der Waals surface area contributed by atoms with Crippen molar-refractivity contribution in [3.8, 4) is 0 Å². The lowest BCUT2D eigenvalue weighted by atomic mass is 9.83. The van der Waals surface area contributed by atoms with Gasteiger partial charge >= 0.3 is 23.9 Å². The highest BCUT2D eigenvalue weighted by atomic mass is 16.6. The number of fused-ring (bicyclic) bond motifs is 2. The van der Waals surface area contributed by atoms with E-state index in [1.807, 2.05) is 0 Å². The molecule has 9 heteroatoms. The van der Waals surface area contributed by atoms with Crippen molar-refractivity contribution in [2.75, 3.05) is 26.4 Å². The molecule has 35 heavy (non-hydrogen) atoms. The second-order valence-corrected chi connectivity index (χ2v) is 9.21. The molecule has 3 aliphatic rings. The molecular formula is C26H34O9. The number of esters is 4.